The summed E-state index contributed by atoms with van der Waals surface area (Å²) in [7, 11) is 0. The summed E-state index contributed by atoms with van der Waals surface area (Å²) in [6.45, 7) is 7.60. The van der Waals surface area contributed by atoms with Crippen LogP contribution in [0, 0.1) is 11.3 Å². The number of amides is 1. The highest BCUT2D eigenvalue weighted by Crippen LogP contribution is 2.53. The Kier molecular flexibility index (Phi) is 5.99. The molecule has 2 fully saturated rings. The molecule has 0 aromatic heterocycles. The molecular weight excluding hydrogens is 394 g/mol. The minimum Gasteiger partial charge on any atom is -0.302 e. The number of amidine groups is 1. The highest BCUT2D eigenvalue weighted by atomic mass is 35.5. The Hall–Kier alpha value is -2.17. The predicted octanol–water partition coefficient (Wildman–Crippen LogP) is 5.21. The Balaban J connectivity index is 1.67. The number of rotatable bonds is 8. The van der Waals surface area contributed by atoms with Crippen LogP contribution in [-0.4, -0.2) is 47.7 Å². The topological polar surface area (TPSA) is 47.4 Å². The molecule has 1 unspecified atom stereocenters. The fourth-order valence-electron chi connectivity index (χ4n) is 4.82. The van der Waals surface area contributed by atoms with Crippen LogP contribution in [-0.2, 0) is 10.2 Å². The van der Waals surface area contributed by atoms with Gasteiger partial charge in [0.15, 0.2) is 0 Å². The van der Waals surface area contributed by atoms with Crippen molar-refractivity contribution >= 4 is 23.3 Å². The van der Waals surface area contributed by atoms with Crippen molar-refractivity contribution in [2.24, 2.45) is 5.92 Å². The molecule has 1 heterocycles. The molecule has 4 nitrogen and oxygen atoms in total. The summed E-state index contributed by atoms with van der Waals surface area (Å²) >= 11 is 6.20. The molecule has 1 atom stereocenters. The van der Waals surface area contributed by atoms with E-state index in [-0.39, 0.29) is 5.91 Å². The van der Waals surface area contributed by atoms with E-state index in [4.69, 9.17) is 17.0 Å². The zero-order valence-corrected chi connectivity index (χ0v) is 18.6. The quantitative estimate of drug-likeness (QED) is 0.633. The van der Waals surface area contributed by atoms with Gasteiger partial charge in [0, 0.05) is 24.5 Å². The number of hydrogen-bond acceptors (Lipinski definition) is 3. The molecule has 1 saturated carbocycles. The summed E-state index contributed by atoms with van der Waals surface area (Å²) in [5, 5.41) is 9.34. The summed E-state index contributed by atoms with van der Waals surface area (Å²) in [6, 6.07) is 16.1. The standard InChI is InChI=1S/C25H30ClN3O/c1-3-28(4-2)13-14-29-23(27)17-25(24(29)30,20-11-12-20)21-9-5-7-18(15-21)19-8-6-10-22(26)16-19/h5-10,15-16,20,27H,3-4,11-14,17H2,1-2H3. The number of benzene rings is 2. The average molecular weight is 424 g/mol. The normalized spacial score (nSPS) is 21.7. The van der Waals surface area contributed by atoms with Crippen LogP contribution >= 0.6 is 11.6 Å². The maximum absolute atomic E-state index is 13.8. The van der Waals surface area contributed by atoms with Gasteiger partial charge in [-0.25, -0.2) is 0 Å². The van der Waals surface area contributed by atoms with Crippen molar-refractivity contribution in [2.75, 3.05) is 26.2 Å². The predicted molar refractivity (Wildman–Crippen MR) is 123 cm³/mol. The molecule has 2 aliphatic rings. The number of hydrogen-bond donors (Lipinski definition) is 1. The monoisotopic (exact) mass is 423 g/mol. The third kappa shape index (κ3) is 3.79. The first-order valence-corrected chi connectivity index (χ1v) is 11.4. The third-order valence-electron chi connectivity index (χ3n) is 6.74. The van der Waals surface area contributed by atoms with E-state index in [1.54, 1.807) is 4.90 Å². The molecule has 30 heavy (non-hydrogen) atoms. The molecular formula is C25H30ClN3O. The number of likely N-dealkylation sites (tertiary alicyclic amines) is 1. The molecule has 1 amide bonds. The molecule has 158 valence electrons. The Morgan fingerprint density at radius 1 is 1.10 bits per heavy atom. The molecule has 1 aliphatic heterocycles. The first kappa shape index (κ1) is 21.1. The van der Waals surface area contributed by atoms with Gasteiger partial charge >= 0.3 is 0 Å². The van der Waals surface area contributed by atoms with Crippen LogP contribution in [0.5, 0.6) is 0 Å². The minimum absolute atomic E-state index is 0.116. The molecule has 1 aliphatic carbocycles. The van der Waals surface area contributed by atoms with Gasteiger partial charge in [0.2, 0.25) is 5.91 Å². The maximum Gasteiger partial charge on any atom is 0.239 e. The molecule has 0 spiro atoms. The summed E-state index contributed by atoms with van der Waals surface area (Å²) in [5.41, 5.74) is 2.57. The van der Waals surface area contributed by atoms with Crippen molar-refractivity contribution in [3.63, 3.8) is 0 Å². The molecule has 0 radical (unpaired) electrons. The number of nitrogens with zero attached hydrogens (tertiary/aromatic N) is 2. The molecule has 1 saturated heterocycles. The lowest BCUT2D eigenvalue weighted by Crippen LogP contribution is -2.43. The molecule has 2 aromatic carbocycles. The minimum atomic E-state index is -0.588. The highest BCUT2D eigenvalue weighted by Gasteiger charge is 2.58. The highest BCUT2D eigenvalue weighted by molar-refractivity contribution is 6.30. The lowest BCUT2D eigenvalue weighted by molar-refractivity contribution is -0.131. The van der Waals surface area contributed by atoms with E-state index in [1.807, 2.05) is 30.3 Å². The van der Waals surface area contributed by atoms with Crippen LogP contribution in [0.4, 0.5) is 0 Å². The summed E-state index contributed by atoms with van der Waals surface area (Å²) in [4.78, 5) is 17.8. The van der Waals surface area contributed by atoms with Gasteiger partial charge < -0.3 is 4.90 Å². The Bertz CT molecular complexity index is 951. The van der Waals surface area contributed by atoms with E-state index in [9.17, 15) is 4.79 Å². The van der Waals surface area contributed by atoms with Gasteiger partial charge in [-0.05, 0) is 60.7 Å². The maximum atomic E-state index is 13.8. The van der Waals surface area contributed by atoms with Crippen molar-refractivity contribution in [3.8, 4) is 11.1 Å². The van der Waals surface area contributed by atoms with Crippen molar-refractivity contribution in [1.82, 2.24) is 9.80 Å². The van der Waals surface area contributed by atoms with E-state index in [1.165, 1.54) is 0 Å². The summed E-state index contributed by atoms with van der Waals surface area (Å²) in [5.74, 6) is 0.913. The van der Waals surface area contributed by atoms with Gasteiger partial charge in [0.05, 0.1) is 5.41 Å². The zero-order valence-electron chi connectivity index (χ0n) is 17.8. The molecule has 2 aromatic rings. The lowest BCUT2D eigenvalue weighted by Gasteiger charge is -2.29. The van der Waals surface area contributed by atoms with Crippen LogP contribution in [0.25, 0.3) is 11.1 Å². The fourth-order valence-corrected chi connectivity index (χ4v) is 5.01. The first-order valence-electron chi connectivity index (χ1n) is 11.0. The van der Waals surface area contributed by atoms with E-state index < -0.39 is 5.41 Å². The van der Waals surface area contributed by atoms with Gasteiger partial charge in [-0.1, -0.05) is 61.8 Å². The Labute approximate surface area is 184 Å². The number of carbonyl (C=O) groups is 1. The zero-order chi connectivity index (χ0) is 21.3. The van der Waals surface area contributed by atoms with Gasteiger partial charge in [-0.3, -0.25) is 15.1 Å². The summed E-state index contributed by atoms with van der Waals surface area (Å²) < 4.78 is 0. The van der Waals surface area contributed by atoms with E-state index in [0.717, 1.165) is 49.2 Å². The van der Waals surface area contributed by atoms with Crippen LogP contribution in [0.1, 0.15) is 38.7 Å². The van der Waals surface area contributed by atoms with Crippen molar-refractivity contribution in [2.45, 2.75) is 38.5 Å². The van der Waals surface area contributed by atoms with Gasteiger partial charge in [0.25, 0.3) is 0 Å². The van der Waals surface area contributed by atoms with E-state index >= 15 is 0 Å². The number of nitrogens with one attached hydrogen (secondary N) is 1. The average Bonchev–Trinajstić information content (AvgIpc) is 3.57. The second-order valence-electron chi connectivity index (χ2n) is 8.44. The number of likely N-dealkylation sites (N-methyl/N-ethyl adjacent to an activating group) is 1. The van der Waals surface area contributed by atoms with Gasteiger partial charge in [-0.2, -0.15) is 0 Å². The first-order chi connectivity index (χ1) is 14.5. The smallest absolute Gasteiger partial charge is 0.239 e. The summed E-state index contributed by atoms with van der Waals surface area (Å²) in [6.07, 6.45) is 2.63. The van der Waals surface area contributed by atoms with Crippen LogP contribution in [0.15, 0.2) is 48.5 Å². The molecule has 5 heteroatoms. The van der Waals surface area contributed by atoms with Crippen LogP contribution < -0.4 is 0 Å². The number of carbonyl (C=O) groups excluding carboxylic acids is 1. The largest absolute Gasteiger partial charge is 0.302 e. The van der Waals surface area contributed by atoms with E-state index in [2.05, 4.69) is 36.9 Å². The molecule has 0 bridgehead atoms. The van der Waals surface area contributed by atoms with Crippen LogP contribution in [0.3, 0.4) is 0 Å². The van der Waals surface area contributed by atoms with E-state index in [0.29, 0.717) is 29.7 Å². The lowest BCUT2D eigenvalue weighted by atomic mass is 9.74. The Morgan fingerprint density at radius 3 is 2.40 bits per heavy atom. The Morgan fingerprint density at radius 2 is 1.77 bits per heavy atom. The molecule has 4 rings (SSSR count). The van der Waals surface area contributed by atoms with Crippen molar-refractivity contribution in [3.05, 3.63) is 59.1 Å². The van der Waals surface area contributed by atoms with Crippen LogP contribution in [0.2, 0.25) is 5.02 Å². The number of halogens is 1. The van der Waals surface area contributed by atoms with Crippen molar-refractivity contribution in [1.29, 1.82) is 5.41 Å². The SMILES string of the molecule is CCN(CC)CCN1C(=N)CC(c2cccc(-c3cccc(Cl)c3)c2)(C2CC2)C1=O. The third-order valence-corrected chi connectivity index (χ3v) is 6.98. The fraction of sp³-hybridized carbons (Fsp3) is 0.440. The van der Waals surface area contributed by atoms with Gasteiger partial charge in [-0.15, -0.1) is 0 Å². The second-order valence-corrected chi connectivity index (χ2v) is 8.88. The van der Waals surface area contributed by atoms with Gasteiger partial charge in [0.1, 0.15) is 5.84 Å². The second kappa shape index (κ2) is 8.52. The molecule has 1 N–H and O–H groups in total. The van der Waals surface area contributed by atoms with Crippen molar-refractivity contribution < 1.29 is 4.79 Å².